The number of nitrogens with zero attached hydrogens (tertiary/aromatic N) is 1. The van der Waals surface area contributed by atoms with Crippen molar-refractivity contribution < 1.29 is 4.74 Å². The Hall–Kier alpha value is -1.48. The molecule has 1 unspecified atom stereocenters. The van der Waals surface area contributed by atoms with Crippen LogP contribution in [0, 0.1) is 0 Å². The Bertz CT molecular complexity index is 587. The lowest BCUT2D eigenvalue weighted by atomic mass is 10.1. The van der Waals surface area contributed by atoms with Crippen LogP contribution in [0.5, 0.6) is 5.75 Å². The van der Waals surface area contributed by atoms with Gasteiger partial charge in [-0.25, -0.2) is 0 Å². The Balaban J connectivity index is 1.89. The number of benzene rings is 1. The zero-order valence-corrected chi connectivity index (χ0v) is 9.99. The summed E-state index contributed by atoms with van der Waals surface area (Å²) in [6.45, 7) is 2.50. The van der Waals surface area contributed by atoms with Gasteiger partial charge in [0.1, 0.15) is 5.75 Å². The number of ether oxygens (including phenoxy) is 1. The second kappa shape index (κ2) is 3.26. The summed E-state index contributed by atoms with van der Waals surface area (Å²) < 4.78 is 5.32. The van der Waals surface area contributed by atoms with Crippen molar-refractivity contribution in [1.82, 2.24) is 9.88 Å². The molecule has 0 amide bonds. The highest BCUT2D eigenvalue weighted by atomic mass is 16.5. The van der Waals surface area contributed by atoms with Gasteiger partial charge in [-0.2, -0.15) is 0 Å². The second-order valence-electron chi connectivity index (χ2n) is 5.10. The number of hydrogen-bond donors (Lipinski definition) is 1. The van der Waals surface area contributed by atoms with Gasteiger partial charge in [-0.15, -0.1) is 0 Å². The van der Waals surface area contributed by atoms with Crippen LogP contribution in [-0.2, 0) is 12.8 Å². The Labute approximate surface area is 100 Å². The van der Waals surface area contributed by atoms with E-state index < -0.39 is 0 Å². The van der Waals surface area contributed by atoms with Crippen molar-refractivity contribution in [3.05, 3.63) is 29.5 Å². The molecule has 2 aromatic rings. The molecule has 1 aromatic heterocycles. The number of aromatic amines is 1. The molecule has 3 nitrogen and oxygen atoms in total. The third-order valence-electron chi connectivity index (χ3n) is 4.12. The molecule has 17 heavy (non-hydrogen) atoms. The molecule has 88 valence electrons. The smallest absolute Gasteiger partial charge is 0.119 e. The molecular weight excluding hydrogens is 212 g/mol. The van der Waals surface area contributed by atoms with Crippen molar-refractivity contribution in [2.45, 2.75) is 18.9 Å². The molecule has 2 atom stereocenters. The van der Waals surface area contributed by atoms with Gasteiger partial charge in [0.05, 0.1) is 7.11 Å². The van der Waals surface area contributed by atoms with Gasteiger partial charge in [0.25, 0.3) is 0 Å². The van der Waals surface area contributed by atoms with E-state index in [4.69, 9.17) is 4.74 Å². The average molecular weight is 228 g/mol. The molecule has 0 radical (unpaired) electrons. The van der Waals surface area contributed by atoms with E-state index in [9.17, 15) is 0 Å². The van der Waals surface area contributed by atoms with Crippen molar-refractivity contribution in [1.29, 1.82) is 0 Å². The van der Waals surface area contributed by atoms with Crippen molar-refractivity contribution >= 4 is 10.9 Å². The van der Waals surface area contributed by atoms with Crippen molar-refractivity contribution in [3.8, 4) is 5.75 Å². The lowest BCUT2D eigenvalue weighted by Gasteiger charge is -2.02. The van der Waals surface area contributed by atoms with E-state index in [0.717, 1.165) is 11.8 Å². The van der Waals surface area contributed by atoms with E-state index in [1.807, 2.05) is 6.07 Å². The lowest BCUT2D eigenvalue weighted by molar-refractivity contribution is 0.415. The molecule has 1 saturated heterocycles. The first-order chi connectivity index (χ1) is 8.35. The molecule has 3 heteroatoms. The maximum absolute atomic E-state index is 5.32. The highest BCUT2D eigenvalue weighted by Gasteiger charge is 2.37. The molecule has 2 aliphatic heterocycles. The first kappa shape index (κ1) is 9.54. The van der Waals surface area contributed by atoms with E-state index in [-0.39, 0.29) is 0 Å². The quantitative estimate of drug-likeness (QED) is 0.756. The van der Waals surface area contributed by atoms with E-state index >= 15 is 0 Å². The van der Waals surface area contributed by atoms with Gasteiger partial charge in [-0.3, -0.25) is 4.90 Å². The molecular formula is C14H16N2O. The highest BCUT2D eigenvalue weighted by molar-refractivity contribution is 5.86. The Morgan fingerprint density at radius 2 is 2.35 bits per heavy atom. The van der Waals surface area contributed by atoms with Crippen LogP contribution in [-0.4, -0.2) is 36.1 Å². The number of aromatic nitrogens is 1. The molecule has 1 aromatic carbocycles. The highest BCUT2D eigenvalue weighted by Crippen LogP contribution is 2.33. The second-order valence-corrected chi connectivity index (χ2v) is 5.10. The largest absolute Gasteiger partial charge is 0.497 e. The van der Waals surface area contributed by atoms with E-state index in [1.54, 1.807) is 7.11 Å². The zero-order valence-electron chi connectivity index (χ0n) is 9.99. The monoisotopic (exact) mass is 228 g/mol. The van der Waals surface area contributed by atoms with Crippen molar-refractivity contribution in [3.63, 3.8) is 0 Å². The summed E-state index contributed by atoms with van der Waals surface area (Å²) in [4.78, 5) is 6.14. The predicted molar refractivity (Wildman–Crippen MR) is 67.6 cm³/mol. The molecule has 2 aliphatic rings. The fraction of sp³-hybridized carbons (Fsp3) is 0.429. The first-order valence-corrected chi connectivity index (χ1v) is 6.26. The van der Waals surface area contributed by atoms with E-state index in [2.05, 4.69) is 22.0 Å². The fourth-order valence-corrected chi connectivity index (χ4v) is 3.05. The summed E-state index contributed by atoms with van der Waals surface area (Å²) in [5.41, 5.74) is 4.20. The number of hydrogen-bond acceptors (Lipinski definition) is 2. The summed E-state index contributed by atoms with van der Waals surface area (Å²) in [6, 6.07) is 7.12. The number of rotatable bonds is 1. The van der Waals surface area contributed by atoms with Gasteiger partial charge in [0.15, 0.2) is 0 Å². The molecule has 3 heterocycles. The van der Waals surface area contributed by atoms with Crippen LogP contribution in [0.1, 0.15) is 11.3 Å². The lowest BCUT2D eigenvalue weighted by Crippen LogP contribution is -2.03. The summed E-state index contributed by atoms with van der Waals surface area (Å²) in [6.07, 6.45) is 2.35. The van der Waals surface area contributed by atoms with Crippen LogP contribution in [0.4, 0.5) is 0 Å². The Morgan fingerprint density at radius 1 is 1.41 bits per heavy atom. The molecule has 0 bridgehead atoms. The van der Waals surface area contributed by atoms with Gasteiger partial charge in [0, 0.05) is 42.1 Å². The first-order valence-electron chi connectivity index (χ1n) is 6.26. The van der Waals surface area contributed by atoms with Gasteiger partial charge < -0.3 is 9.72 Å². The van der Waals surface area contributed by atoms with Crippen LogP contribution in [0.15, 0.2) is 18.2 Å². The van der Waals surface area contributed by atoms with Gasteiger partial charge in [-0.05, 0) is 30.2 Å². The molecule has 1 N–H and O–H groups in total. The summed E-state index contributed by atoms with van der Waals surface area (Å²) >= 11 is 0. The molecule has 0 aliphatic carbocycles. The Morgan fingerprint density at radius 3 is 3.24 bits per heavy atom. The zero-order chi connectivity index (χ0) is 11.4. The van der Waals surface area contributed by atoms with Gasteiger partial charge in [-0.1, -0.05) is 0 Å². The standard InChI is InChI=1S/C14H16N2O/c1-17-10-2-3-13-12(7-10)11-4-5-16-8-9(16)6-14(11)15-13/h2-3,7,9,15H,4-6,8H2,1H3/t9-,16?/m1/s1. The molecule has 4 rings (SSSR count). The fourth-order valence-electron chi connectivity index (χ4n) is 3.05. The summed E-state index contributed by atoms with van der Waals surface area (Å²) in [5.74, 6) is 0.953. The molecule has 1 fully saturated rings. The van der Waals surface area contributed by atoms with Gasteiger partial charge >= 0.3 is 0 Å². The van der Waals surface area contributed by atoms with Crippen LogP contribution < -0.4 is 4.74 Å². The van der Waals surface area contributed by atoms with E-state index in [0.29, 0.717) is 0 Å². The maximum Gasteiger partial charge on any atom is 0.119 e. The maximum atomic E-state index is 5.32. The number of fused-ring (bicyclic) bond motifs is 4. The molecule has 0 spiro atoms. The van der Waals surface area contributed by atoms with Crippen LogP contribution in [0.2, 0.25) is 0 Å². The summed E-state index contributed by atoms with van der Waals surface area (Å²) in [5, 5.41) is 1.35. The van der Waals surface area contributed by atoms with Crippen LogP contribution in [0.3, 0.4) is 0 Å². The minimum absolute atomic E-state index is 0.797. The Kier molecular flexibility index (Phi) is 1.83. The number of H-pyrrole nitrogens is 1. The summed E-state index contributed by atoms with van der Waals surface area (Å²) in [7, 11) is 1.73. The van der Waals surface area contributed by atoms with Crippen LogP contribution >= 0.6 is 0 Å². The predicted octanol–water partition coefficient (Wildman–Crippen LogP) is 1.96. The number of nitrogens with one attached hydrogen (secondary N) is 1. The number of methoxy groups -OCH3 is 1. The third-order valence-corrected chi connectivity index (χ3v) is 4.12. The SMILES string of the molecule is COc1ccc2[nH]c3c(c2c1)CCN1C[C@H]1C3. The van der Waals surface area contributed by atoms with Crippen molar-refractivity contribution in [2.75, 3.05) is 20.2 Å². The minimum Gasteiger partial charge on any atom is -0.497 e. The topological polar surface area (TPSA) is 28.0 Å². The van der Waals surface area contributed by atoms with Crippen LogP contribution in [0.25, 0.3) is 10.9 Å². The average Bonchev–Trinajstić information content (AvgIpc) is 3.02. The normalized spacial score (nSPS) is 26.2. The van der Waals surface area contributed by atoms with E-state index in [1.165, 1.54) is 48.1 Å². The molecule has 0 saturated carbocycles. The van der Waals surface area contributed by atoms with Gasteiger partial charge in [0.2, 0.25) is 0 Å². The third kappa shape index (κ3) is 1.39. The van der Waals surface area contributed by atoms with Crippen molar-refractivity contribution in [2.24, 2.45) is 0 Å². The minimum atomic E-state index is 0.797.